The van der Waals surface area contributed by atoms with Crippen LogP contribution in [0, 0.1) is 0 Å². The Labute approximate surface area is 179 Å². The van der Waals surface area contributed by atoms with Crippen LogP contribution >= 0.6 is 0 Å². The Hall–Kier alpha value is -2.93. The van der Waals surface area contributed by atoms with Gasteiger partial charge in [-0.1, -0.05) is 84.0 Å². The van der Waals surface area contributed by atoms with Gasteiger partial charge < -0.3 is 0 Å². The summed E-state index contributed by atoms with van der Waals surface area (Å²) in [4.78, 5) is 4.91. The number of pyridine rings is 1. The molecule has 1 heterocycles. The average Bonchev–Trinajstić information content (AvgIpc) is 2.81. The number of benzene rings is 3. The second kappa shape index (κ2) is 6.28. The minimum absolute atomic E-state index is 0.0849. The Balaban J connectivity index is 1.96. The maximum Gasteiger partial charge on any atom is 0.0792 e. The molecule has 0 aliphatic heterocycles. The monoisotopic (exact) mass is 391 g/mol. The minimum Gasteiger partial charge on any atom is -0.256 e. The molecular formula is C29H29N. The van der Waals surface area contributed by atoms with Gasteiger partial charge in [0.05, 0.1) is 5.69 Å². The smallest absolute Gasteiger partial charge is 0.0792 e. The van der Waals surface area contributed by atoms with Gasteiger partial charge in [0.25, 0.3) is 0 Å². The number of hydrogen-bond acceptors (Lipinski definition) is 1. The van der Waals surface area contributed by atoms with Crippen molar-refractivity contribution in [3.63, 3.8) is 0 Å². The van der Waals surface area contributed by atoms with Crippen LogP contribution in [0.2, 0.25) is 0 Å². The predicted octanol–water partition coefficient (Wildman–Crippen LogP) is 8.14. The summed E-state index contributed by atoms with van der Waals surface area (Å²) < 4.78 is 0. The molecule has 1 nitrogen and oxygen atoms in total. The lowest BCUT2D eigenvalue weighted by Crippen LogP contribution is -2.11. The molecule has 1 aliphatic rings. The molecule has 0 saturated carbocycles. The molecule has 5 rings (SSSR count). The normalized spacial score (nSPS) is 13.0. The second-order valence-corrected chi connectivity index (χ2v) is 10.6. The van der Waals surface area contributed by atoms with Gasteiger partial charge in [-0.05, 0) is 67.8 Å². The maximum absolute atomic E-state index is 4.91. The largest absolute Gasteiger partial charge is 0.256 e. The van der Waals surface area contributed by atoms with Crippen molar-refractivity contribution in [1.82, 2.24) is 4.98 Å². The molecule has 150 valence electrons. The van der Waals surface area contributed by atoms with Crippen LogP contribution in [0.15, 0.2) is 66.9 Å². The fourth-order valence-corrected chi connectivity index (χ4v) is 4.56. The number of rotatable bonds is 0. The number of nitrogens with zero attached hydrogens (tertiary/aromatic N) is 1. The molecule has 0 saturated heterocycles. The highest BCUT2D eigenvalue weighted by molar-refractivity contribution is 6.12. The van der Waals surface area contributed by atoms with Gasteiger partial charge in [-0.2, -0.15) is 0 Å². The van der Waals surface area contributed by atoms with Gasteiger partial charge in [-0.25, -0.2) is 0 Å². The Morgan fingerprint density at radius 3 is 1.87 bits per heavy atom. The molecule has 4 aromatic rings. The van der Waals surface area contributed by atoms with E-state index >= 15 is 0 Å². The topological polar surface area (TPSA) is 12.9 Å². The lowest BCUT2D eigenvalue weighted by molar-refractivity contribution is 0.590. The van der Waals surface area contributed by atoms with Crippen molar-refractivity contribution < 1.29 is 0 Å². The molecule has 1 heteroatoms. The van der Waals surface area contributed by atoms with E-state index in [-0.39, 0.29) is 10.8 Å². The fourth-order valence-electron chi connectivity index (χ4n) is 4.56. The first-order valence-electron chi connectivity index (χ1n) is 10.8. The maximum atomic E-state index is 4.91. The quantitative estimate of drug-likeness (QED) is 0.259. The zero-order chi connectivity index (χ0) is 21.3. The van der Waals surface area contributed by atoms with Crippen molar-refractivity contribution in [3.8, 4) is 33.5 Å². The van der Waals surface area contributed by atoms with E-state index in [2.05, 4.69) is 102 Å². The van der Waals surface area contributed by atoms with Crippen molar-refractivity contribution in [3.05, 3.63) is 78.0 Å². The summed E-state index contributed by atoms with van der Waals surface area (Å²) in [6.07, 6.45) is 1.96. The molecule has 0 unspecified atom stereocenters. The van der Waals surface area contributed by atoms with Crippen LogP contribution in [-0.4, -0.2) is 4.98 Å². The van der Waals surface area contributed by atoms with E-state index in [1.807, 2.05) is 6.20 Å². The van der Waals surface area contributed by atoms with Gasteiger partial charge in [-0.15, -0.1) is 0 Å². The third-order valence-electron chi connectivity index (χ3n) is 6.38. The molecule has 1 aromatic heterocycles. The van der Waals surface area contributed by atoms with Gasteiger partial charge >= 0.3 is 0 Å². The van der Waals surface area contributed by atoms with Gasteiger partial charge in [0.2, 0.25) is 0 Å². The van der Waals surface area contributed by atoms with Crippen molar-refractivity contribution in [2.75, 3.05) is 0 Å². The predicted molar refractivity (Wildman–Crippen MR) is 129 cm³/mol. The highest BCUT2D eigenvalue weighted by Crippen LogP contribution is 2.48. The van der Waals surface area contributed by atoms with Crippen molar-refractivity contribution >= 4 is 10.8 Å². The molecule has 0 spiro atoms. The third-order valence-corrected chi connectivity index (χ3v) is 6.38. The molecule has 1 aliphatic carbocycles. The van der Waals surface area contributed by atoms with E-state index in [9.17, 15) is 0 Å². The standard InChI is InChI=1S/C29H29N/c1-28(2,3)19-11-12-23-24(16-19)21-9-7-8-10-22(21)25-17-20(29(4,5)6)15-18-13-14-30-27(23)26(18)25/h7-17H,1-6H3. The second-order valence-electron chi connectivity index (χ2n) is 10.6. The molecule has 0 N–H and O–H groups in total. The Morgan fingerprint density at radius 2 is 1.20 bits per heavy atom. The minimum atomic E-state index is 0.0849. The Bertz CT molecular complexity index is 1300. The van der Waals surface area contributed by atoms with Crippen LogP contribution in [0.3, 0.4) is 0 Å². The van der Waals surface area contributed by atoms with E-state index < -0.39 is 0 Å². The summed E-state index contributed by atoms with van der Waals surface area (Å²) in [7, 11) is 0. The summed E-state index contributed by atoms with van der Waals surface area (Å²) in [5.74, 6) is 0. The Kier molecular flexibility index (Phi) is 3.99. The molecule has 0 radical (unpaired) electrons. The third kappa shape index (κ3) is 2.88. The Morgan fingerprint density at radius 1 is 0.567 bits per heavy atom. The first kappa shape index (κ1) is 19.1. The average molecular weight is 392 g/mol. The van der Waals surface area contributed by atoms with Crippen LogP contribution in [-0.2, 0) is 10.8 Å². The highest BCUT2D eigenvalue weighted by atomic mass is 14.7. The van der Waals surface area contributed by atoms with E-state index in [0.29, 0.717) is 0 Å². The van der Waals surface area contributed by atoms with Gasteiger partial charge in [0, 0.05) is 17.1 Å². The summed E-state index contributed by atoms with van der Waals surface area (Å²) in [5, 5.41) is 2.53. The van der Waals surface area contributed by atoms with Crippen molar-refractivity contribution in [2.24, 2.45) is 0 Å². The fraction of sp³-hybridized carbons (Fsp3) is 0.276. The molecule has 0 atom stereocenters. The highest BCUT2D eigenvalue weighted by Gasteiger charge is 2.26. The lowest BCUT2D eigenvalue weighted by Gasteiger charge is -2.22. The van der Waals surface area contributed by atoms with Crippen LogP contribution in [0.5, 0.6) is 0 Å². The van der Waals surface area contributed by atoms with Gasteiger partial charge in [0.1, 0.15) is 0 Å². The van der Waals surface area contributed by atoms with E-state index in [1.165, 1.54) is 49.7 Å². The zero-order valence-electron chi connectivity index (χ0n) is 18.8. The summed E-state index contributed by atoms with van der Waals surface area (Å²) >= 11 is 0. The SMILES string of the molecule is CC(C)(C)c1ccc2c(c1)-c1ccccc1-c1cc(C(C)(C)C)cc3ccnc-2c13. The van der Waals surface area contributed by atoms with E-state index in [0.717, 1.165) is 5.69 Å². The van der Waals surface area contributed by atoms with Gasteiger partial charge in [0.15, 0.2) is 0 Å². The molecule has 0 fully saturated rings. The zero-order valence-corrected chi connectivity index (χ0v) is 18.8. The van der Waals surface area contributed by atoms with Gasteiger partial charge in [-0.3, -0.25) is 4.98 Å². The molecule has 30 heavy (non-hydrogen) atoms. The summed E-state index contributed by atoms with van der Waals surface area (Å²) in [5.41, 5.74) is 10.4. The van der Waals surface area contributed by atoms with Crippen molar-refractivity contribution in [1.29, 1.82) is 0 Å². The molecule has 3 aromatic carbocycles. The summed E-state index contributed by atoms with van der Waals surface area (Å²) in [6, 6.07) is 22.7. The first-order valence-corrected chi connectivity index (χ1v) is 10.8. The number of aromatic nitrogens is 1. The lowest BCUT2D eigenvalue weighted by atomic mass is 9.82. The van der Waals surface area contributed by atoms with E-state index in [1.54, 1.807) is 0 Å². The first-order chi connectivity index (χ1) is 14.1. The number of fused-ring (bicyclic) bond motifs is 5. The van der Waals surface area contributed by atoms with E-state index in [4.69, 9.17) is 4.98 Å². The van der Waals surface area contributed by atoms with Crippen LogP contribution < -0.4 is 0 Å². The summed E-state index contributed by atoms with van der Waals surface area (Å²) in [6.45, 7) is 13.7. The van der Waals surface area contributed by atoms with Crippen LogP contribution in [0.1, 0.15) is 52.7 Å². The van der Waals surface area contributed by atoms with Crippen molar-refractivity contribution in [2.45, 2.75) is 52.4 Å². The molecule has 0 bridgehead atoms. The van der Waals surface area contributed by atoms with Crippen LogP contribution in [0.4, 0.5) is 0 Å². The van der Waals surface area contributed by atoms with Crippen LogP contribution in [0.25, 0.3) is 44.3 Å². The number of hydrogen-bond donors (Lipinski definition) is 0. The molecule has 0 amide bonds. The molecular weight excluding hydrogens is 362 g/mol.